The molecule has 0 radical (unpaired) electrons. The van der Waals surface area contributed by atoms with E-state index in [1.165, 1.54) is 57.8 Å². The summed E-state index contributed by atoms with van der Waals surface area (Å²) in [5.41, 5.74) is 5.32. The zero-order valence-electron chi connectivity index (χ0n) is 18.3. The van der Waals surface area contributed by atoms with Gasteiger partial charge in [0.25, 0.3) is 0 Å². The fourth-order valence-electron chi connectivity index (χ4n) is 7.13. The lowest BCUT2D eigenvalue weighted by Crippen LogP contribution is -2.47. The number of hydrogen-bond donors (Lipinski definition) is 0. The summed E-state index contributed by atoms with van der Waals surface area (Å²) in [5, 5.41) is 0. The minimum absolute atomic E-state index is 0.320. The maximum absolute atomic E-state index is 6.51. The zero-order chi connectivity index (χ0) is 19.5. The van der Waals surface area contributed by atoms with Crippen molar-refractivity contribution < 1.29 is 9.47 Å². The van der Waals surface area contributed by atoms with Crippen LogP contribution in [0.1, 0.15) is 101 Å². The Labute approximate surface area is 171 Å². The molecule has 0 bridgehead atoms. The monoisotopic (exact) mass is 382 g/mol. The van der Waals surface area contributed by atoms with Crippen molar-refractivity contribution in [2.24, 2.45) is 17.3 Å². The first-order chi connectivity index (χ1) is 13.4. The molecule has 2 nitrogen and oxygen atoms in total. The molecule has 5 rings (SSSR count). The molecule has 4 aliphatic carbocycles. The zero-order valence-corrected chi connectivity index (χ0v) is 18.3. The lowest BCUT2D eigenvalue weighted by atomic mass is 9.55. The van der Waals surface area contributed by atoms with Crippen LogP contribution in [0, 0.1) is 17.3 Å². The Morgan fingerprint density at radius 1 is 1.04 bits per heavy atom. The number of rotatable bonds is 4. The highest BCUT2D eigenvalue weighted by atomic mass is 16.7. The van der Waals surface area contributed by atoms with Gasteiger partial charge in [-0.2, -0.15) is 0 Å². The van der Waals surface area contributed by atoms with Crippen molar-refractivity contribution in [3.05, 3.63) is 34.9 Å². The number of fused-ring (bicyclic) bond motifs is 5. The van der Waals surface area contributed by atoms with Crippen LogP contribution in [0.5, 0.6) is 0 Å². The van der Waals surface area contributed by atoms with Crippen molar-refractivity contribution in [1.29, 1.82) is 0 Å². The Bertz CT molecular complexity index is 734. The smallest absolute Gasteiger partial charge is 0.162 e. The SMILES string of the molecule is COC(C)(C)OC1CCC2C3CCc4cc(C5CCC5)ccc4C3CCC12C. The quantitative estimate of drug-likeness (QED) is 0.548. The van der Waals surface area contributed by atoms with E-state index in [4.69, 9.17) is 9.47 Å². The average Bonchev–Trinajstić information content (AvgIpc) is 2.96. The van der Waals surface area contributed by atoms with Crippen LogP contribution in [0.3, 0.4) is 0 Å². The average molecular weight is 383 g/mol. The lowest BCUT2D eigenvalue weighted by molar-refractivity contribution is -0.245. The first-order valence-corrected chi connectivity index (χ1v) is 11.8. The van der Waals surface area contributed by atoms with Crippen LogP contribution >= 0.6 is 0 Å². The minimum Gasteiger partial charge on any atom is -0.354 e. The normalized spacial score (nSPS) is 37.7. The van der Waals surface area contributed by atoms with Gasteiger partial charge in [0.2, 0.25) is 0 Å². The van der Waals surface area contributed by atoms with Gasteiger partial charge in [-0.15, -0.1) is 0 Å². The van der Waals surface area contributed by atoms with Gasteiger partial charge in [-0.05, 0) is 111 Å². The second kappa shape index (κ2) is 6.84. The number of benzene rings is 1. The summed E-state index contributed by atoms with van der Waals surface area (Å²) in [4.78, 5) is 0. The summed E-state index contributed by atoms with van der Waals surface area (Å²) in [5.74, 6) is 2.82. The van der Waals surface area contributed by atoms with Crippen molar-refractivity contribution in [3.8, 4) is 0 Å². The minimum atomic E-state index is -0.476. The van der Waals surface area contributed by atoms with E-state index in [0.29, 0.717) is 11.5 Å². The Morgan fingerprint density at radius 3 is 2.57 bits per heavy atom. The topological polar surface area (TPSA) is 18.5 Å². The molecular weight excluding hydrogens is 344 g/mol. The second-order valence-corrected chi connectivity index (χ2v) is 10.8. The van der Waals surface area contributed by atoms with Gasteiger partial charge in [-0.25, -0.2) is 0 Å². The summed E-state index contributed by atoms with van der Waals surface area (Å²) < 4.78 is 12.1. The summed E-state index contributed by atoms with van der Waals surface area (Å²) in [6.07, 6.45) is 12.4. The van der Waals surface area contributed by atoms with Gasteiger partial charge in [-0.3, -0.25) is 0 Å². The molecule has 28 heavy (non-hydrogen) atoms. The molecule has 5 unspecified atom stereocenters. The van der Waals surface area contributed by atoms with Gasteiger partial charge in [0.05, 0.1) is 6.10 Å². The van der Waals surface area contributed by atoms with Crippen LogP contribution < -0.4 is 0 Å². The molecule has 5 atom stereocenters. The van der Waals surface area contributed by atoms with Gasteiger partial charge in [0, 0.05) is 7.11 Å². The van der Waals surface area contributed by atoms with Crippen LogP contribution in [0.2, 0.25) is 0 Å². The molecule has 0 amide bonds. The number of hydrogen-bond acceptors (Lipinski definition) is 2. The highest BCUT2D eigenvalue weighted by Gasteiger charge is 2.56. The molecule has 0 spiro atoms. The molecule has 1 aromatic rings. The van der Waals surface area contributed by atoms with Crippen LogP contribution in [0.4, 0.5) is 0 Å². The van der Waals surface area contributed by atoms with Crippen molar-refractivity contribution in [1.82, 2.24) is 0 Å². The fourth-order valence-corrected chi connectivity index (χ4v) is 7.13. The third-order valence-electron chi connectivity index (χ3n) is 9.16. The molecule has 3 saturated carbocycles. The van der Waals surface area contributed by atoms with E-state index in [1.807, 2.05) is 0 Å². The van der Waals surface area contributed by atoms with Crippen molar-refractivity contribution in [3.63, 3.8) is 0 Å². The van der Waals surface area contributed by atoms with Crippen molar-refractivity contribution >= 4 is 0 Å². The van der Waals surface area contributed by atoms with Crippen LogP contribution in [-0.2, 0) is 15.9 Å². The van der Waals surface area contributed by atoms with E-state index < -0.39 is 5.79 Å². The van der Waals surface area contributed by atoms with Gasteiger partial charge in [0.15, 0.2) is 5.79 Å². The number of aryl methyl sites for hydroxylation is 1. The van der Waals surface area contributed by atoms with Crippen molar-refractivity contribution in [2.45, 2.75) is 102 Å². The van der Waals surface area contributed by atoms with E-state index in [1.54, 1.807) is 23.8 Å². The maximum Gasteiger partial charge on any atom is 0.162 e. The van der Waals surface area contributed by atoms with Gasteiger partial charge in [0.1, 0.15) is 0 Å². The van der Waals surface area contributed by atoms with E-state index in [9.17, 15) is 0 Å². The lowest BCUT2D eigenvalue weighted by Gasteiger charge is -2.51. The third-order valence-corrected chi connectivity index (χ3v) is 9.16. The predicted molar refractivity (Wildman–Crippen MR) is 114 cm³/mol. The molecule has 0 N–H and O–H groups in total. The molecule has 0 aliphatic heterocycles. The third kappa shape index (κ3) is 2.98. The maximum atomic E-state index is 6.51. The van der Waals surface area contributed by atoms with E-state index in [0.717, 1.165) is 23.7 Å². The summed E-state index contributed by atoms with van der Waals surface area (Å²) in [6, 6.07) is 7.59. The number of ether oxygens (including phenoxy) is 2. The highest BCUT2D eigenvalue weighted by Crippen LogP contribution is 2.62. The molecule has 4 aliphatic rings. The van der Waals surface area contributed by atoms with E-state index >= 15 is 0 Å². The molecular formula is C26H38O2. The Hall–Kier alpha value is -0.860. The molecule has 0 saturated heterocycles. The Balaban J connectivity index is 1.37. The molecule has 1 aromatic carbocycles. The largest absolute Gasteiger partial charge is 0.354 e. The molecule has 3 fully saturated rings. The van der Waals surface area contributed by atoms with Crippen LogP contribution in [0.15, 0.2) is 18.2 Å². The fraction of sp³-hybridized carbons (Fsp3) is 0.769. The van der Waals surface area contributed by atoms with Crippen LogP contribution in [-0.4, -0.2) is 19.0 Å². The highest BCUT2D eigenvalue weighted by molar-refractivity contribution is 5.39. The Morgan fingerprint density at radius 2 is 1.86 bits per heavy atom. The van der Waals surface area contributed by atoms with Gasteiger partial charge >= 0.3 is 0 Å². The van der Waals surface area contributed by atoms with E-state index in [-0.39, 0.29) is 0 Å². The first kappa shape index (κ1) is 19.1. The van der Waals surface area contributed by atoms with Crippen molar-refractivity contribution in [2.75, 3.05) is 7.11 Å². The number of methoxy groups -OCH3 is 1. The predicted octanol–water partition coefficient (Wildman–Crippen LogP) is 6.58. The standard InChI is InChI=1S/C26H38O2/c1-25(2,27-4)28-24-13-12-23-22-11-9-19-16-18(17-6-5-7-17)8-10-20(19)21(22)14-15-26(23,24)3/h8,10,16-17,21-24H,5-7,9,11-15H2,1-4H3. The second-order valence-electron chi connectivity index (χ2n) is 10.8. The molecule has 2 heteroatoms. The molecule has 154 valence electrons. The molecule has 0 aromatic heterocycles. The van der Waals surface area contributed by atoms with Gasteiger partial charge in [-0.1, -0.05) is 31.5 Å². The summed E-state index contributed by atoms with van der Waals surface area (Å²) in [7, 11) is 1.77. The first-order valence-electron chi connectivity index (χ1n) is 11.8. The van der Waals surface area contributed by atoms with E-state index in [2.05, 4.69) is 39.0 Å². The van der Waals surface area contributed by atoms with Gasteiger partial charge < -0.3 is 9.47 Å². The summed E-state index contributed by atoms with van der Waals surface area (Å²) >= 11 is 0. The molecule has 0 heterocycles. The van der Waals surface area contributed by atoms with Crippen LogP contribution in [0.25, 0.3) is 0 Å². The summed E-state index contributed by atoms with van der Waals surface area (Å²) in [6.45, 7) is 6.64. The Kier molecular flexibility index (Phi) is 4.67.